The second-order valence-electron chi connectivity index (χ2n) is 14.3. The van der Waals surface area contributed by atoms with Gasteiger partial charge in [-0.1, -0.05) is 98.1 Å². The number of hydrogen-bond donors (Lipinski definition) is 4. The zero-order valence-corrected chi connectivity index (χ0v) is 31.9. The summed E-state index contributed by atoms with van der Waals surface area (Å²) in [5.74, 6) is -3.09. The van der Waals surface area contributed by atoms with Gasteiger partial charge in [0, 0.05) is 6.54 Å². The lowest BCUT2D eigenvalue weighted by Gasteiger charge is -2.36. The molecule has 0 aromatic rings. The minimum atomic E-state index is -1.11. The highest BCUT2D eigenvalue weighted by molar-refractivity contribution is 8.07. The van der Waals surface area contributed by atoms with Crippen LogP contribution in [0.5, 0.6) is 0 Å². The first-order valence-corrected chi connectivity index (χ1v) is 18.2. The van der Waals surface area contributed by atoms with Crippen molar-refractivity contribution in [3.8, 4) is 0 Å². The molecule has 48 heavy (non-hydrogen) atoms. The van der Waals surface area contributed by atoms with E-state index in [9.17, 15) is 28.8 Å². The maximum absolute atomic E-state index is 14.0. The van der Waals surface area contributed by atoms with Crippen molar-refractivity contribution in [1.29, 1.82) is 0 Å². The lowest BCUT2D eigenvalue weighted by Crippen LogP contribution is -2.61. The fourth-order valence-corrected chi connectivity index (χ4v) is 6.18. The Morgan fingerprint density at radius 2 is 1.52 bits per heavy atom. The molecule has 1 heterocycles. The van der Waals surface area contributed by atoms with Gasteiger partial charge in [-0.2, -0.15) is 0 Å². The van der Waals surface area contributed by atoms with E-state index in [0.29, 0.717) is 37.1 Å². The normalized spacial score (nSPS) is 18.9. The highest BCUT2D eigenvalue weighted by Gasteiger charge is 2.43. The van der Waals surface area contributed by atoms with E-state index in [1.54, 1.807) is 0 Å². The van der Waals surface area contributed by atoms with E-state index in [-0.39, 0.29) is 17.6 Å². The molecule has 0 bridgehead atoms. The number of urea groups is 1. The molecular formula is C36H61N5O6S. The summed E-state index contributed by atoms with van der Waals surface area (Å²) in [7, 11) is 0. The first-order chi connectivity index (χ1) is 22.3. The van der Waals surface area contributed by atoms with Crippen molar-refractivity contribution in [3.05, 3.63) is 21.5 Å². The molecule has 0 spiro atoms. The smallest absolute Gasteiger partial charge is 0.316 e. The number of amides is 5. The van der Waals surface area contributed by atoms with Gasteiger partial charge in [0.15, 0.2) is 5.78 Å². The lowest BCUT2D eigenvalue weighted by atomic mass is 9.85. The van der Waals surface area contributed by atoms with Gasteiger partial charge >= 0.3 is 6.03 Å². The van der Waals surface area contributed by atoms with Gasteiger partial charge in [-0.25, -0.2) is 4.79 Å². The molecule has 5 N–H and O–H groups in total. The predicted molar refractivity (Wildman–Crippen MR) is 193 cm³/mol. The van der Waals surface area contributed by atoms with Gasteiger partial charge in [0.25, 0.3) is 5.91 Å². The van der Waals surface area contributed by atoms with Crippen molar-refractivity contribution in [2.75, 3.05) is 6.54 Å². The van der Waals surface area contributed by atoms with Crippen LogP contribution in [0, 0.1) is 17.3 Å². The number of likely N-dealkylation sites (tertiary alicyclic amines) is 1. The van der Waals surface area contributed by atoms with Crippen LogP contribution in [0.4, 0.5) is 4.79 Å². The molecule has 1 aliphatic carbocycles. The van der Waals surface area contributed by atoms with Crippen LogP contribution in [0.3, 0.4) is 0 Å². The Balaban J connectivity index is 0.00000369. The molecule has 0 aromatic heterocycles. The third-order valence-corrected chi connectivity index (χ3v) is 9.73. The first-order valence-electron chi connectivity index (χ1n) is 17.4. The fourth-order valence-electron chi connectivity index (χ4n) is 5.19. The summed E-state index contributed by atoms with van der Waals surface area (Å²) in [6.45, 7) is 21.4. The fraction of sp³-hybridized carbons (Fsp3) is 0.722. The summed E-state index contributed by atoms with van der Waals surface area (Å²) in [6, 6.07) is -4.40. The van der Waals surface area contributed by atoms with Crippen LogP contribution in [0.15, 0.2) is 21.5 Å². The van der Waals surface area contributed by atoms with Gasteiger partial charge < -0.3 is 26.6 Å². The number of nitrogens with two attached hydrogens (primary N) is 1. The lowest BCUT2D eigenvalue weighted by molar-refractivity contribution is -0.143. The van der Waals surface area contributed by atoms with E-state index in [1.807, 2.05) is 68.4 Å². The molecule has 2 rings (SSSR count). The molecule has 4 unspecified atom stereocenters. The minimum Gasteiger partial charge on any atom is -0.363 e. The largest absolute Gasteiger partial charge is 0.363 e. The van der Waals surface area contributed by atoms with Crippen molar-refractivity contribution in [2.45, 2.75) is 145 Å². The average molecular weight is 692 g/mol. The summed E-state index contributed by atoms with van der Waals surface area (Å²) >= 11 is 1.39. The van der Waals surface area contributed by atoms with Crippen LogP contribution in [0.25, 0.3) is 0 Å². The Bertz CT molecular complexity index is 1230. The topological polar surface area (TPSA) is 168 Å². The van der Waals surface area contributed by atoms with Crippen LogP contribution in [0.2, 0.25) is 0 Å². The molecule has 2 aliphatic rings. The zero-order chi connectivity index (χ0) is 36.9. The number of Topliss-reactive ketones (excluding diaryl/α,β-unsaturated/α-hetero) is 2. The molecule has 1 aliphatic heterocycles. The van der Waals surface area contributed by atoms with Crippen molar-refractivity contribution in [2.24, 2.45) is 23.0 Å². The quantitative estimate of drug-likeness (QED) is 0.132. The van der Waals surface area contributed by atoms with Crippen LogP contribution in [-0.2, 0) is 24.0 Å². The molecule has 4 atom stereocenters. The average Bonchev–Trinajstić information content (AvgIpc) is 3.69. The van der Waals surface area contributed by atoms with Crippen molar-refractivity contribution < 1.29 is 28.8 Å². The summed E-state index contributed by atoms with van der Waals surface area (Å²) in [5, 5.41) is 8.30. The Morgan fingerprint density at radius 1 is 0.938 bits per heavy atom. The molecule has 11 nitrogen and oxygen atoms in total. The zero-order valence-electron chi connectivity index (χ0n) is 31.1. The second-order valence-corrected chi connectivity index (χ2v) is 15.6. The van der Waals surface area contributed by atoms with E-state index >= 15 is 0 Å². The number of primary amides is 1. The summed E-state index contributed by atoms with van der Waals surface area (Å²) in [5.41, 5.74) is 5.42. The van der Waals surface area contributed by atoms with Gasteiger partial charge in [-0.05, 0) is 68.6 Å². The molecule has 0 aromatic carbocycles. The number of allylic oxidation sites excluding steroid dienone is 3. The molecule has 1 saturated carbocycles. The van der Waals surface area contributed by atoms with Crippen LogP contribution in [-0.4, -0.2) is 70.9 Å². The Kier molecular flexibility index (Phi) is 17.6. The maximum Gasteiger partial charge on any atom is 0.316 e. The number of nitrogens with zero attached hydrogens (tertiary/aromatic N) is 1. The highest BCUT2D eigenvalue weighted by atomic mass is 32.2. The summed E-state index contributed by atoms with van der Waals surface area (Å²) in [4.78, 5) is 81.6. The number of ketones is 2. The Labute approximate surface area is 292 Å². The molecule has 2 fully saturated rings. The number of carbonyl (C=O) groups excluding carboxylic acids is 6. The monoisotopic (exact) mass is 691 g/mol. The second kappa shape index (κ2) is 19.7. The number of nitrogens with one attached hydrogen (secondary N) is 3. The predicted octanol–water partition coefficient (Wildman–Crippen LogP) is 5.38. The van der Waals surface area contributed by atoms with Gasteiger partial charge in [-0.3, -0.25) is 24.0 Å². The van der Waals surface area contributed by atoms with E-state index in [4.69, 9.17) is 5.73 Å². The maximum atomic E-state index is 14.0. The molecular weight excluding hydrogens is 630 g/mol. The van der Waals surface area contributed by atoms with E-state index in [2.05, 4.69) is 29.8 Å². The third kappa shape index (κ3) is 13.0. The van der Waals surface area contributed by atoms with Crippen molar-refractivity contribution >= 4 is 47.1 Å². The molecule has 1 saturated heterocycles. The van der Waals surface area contributed by atoms with Gasteiger partial charge in [0.2, 0.25) is 17.6 Å². The minimum absolute atomic E-state index is 0.188. The summed E-state index contributed by atoms with van der Waals surface area (Å²) in [6.07, 6.45) is 6.97. The van der Waals surface area contributed by atoms with E-state index in [1.165, 1.54) is 23.1 Å². The number of carbonyl (C=O) groups is 6. The summed E-state index contributed by atoms with van der Waals surface area (Å²) < 4.78 is 0. The third-order valence-electron chi connectivity index (χ3n) is 8.42. The molecule has 0 radical (unpaired) electrons. The Morgan fingerprint density at radius 3 is 1.98 bits per heavy atom. The standard InChI is InChI=1S/C33H53N5O6S.C3H8/c1-10-19(5)27(45-20(6)11-2)26(40)24(18(3)4)36-32(44)37-28(33(7,8)9)31(43)38-16-12-13-23(38)30(42)35-22(17-21-14-15-21)25(39)29(34)41;1-3-2/h11,18,21-24,28H,10,12-17H2,1-9H3,(H2,34,41)(H,35,42)(H2,36,37,44);3H2,1-2H3/b20-11-,27-19+;. The number of hydrogen-bond acceptors (Lipinski definition) is 7. The Hall–Kier alpha value is -3.15. The van der Waals surface area contributed by atoms with Gasteiger partial charge in [0.1, 0.15) is 12.1 Å². The molecule has 5 amide bonds. The van der Waals surface area contributed by atoms with Gasteiger partial charge in [-0.15, -0.1) is 0 Å². The molecule has 272 valence electrons. The highest BCUT2D eigenvalue weighted by Crippen LogP contribution is 2.34. The van der Waals surface area contributed by atoms with Crippen LogP contribution in [0.1, 0.15) is 121 Å². The SMILES string of the molecule is C/C=C(/C)S/C(C(=O)C(NC(=O)NC(C(=O)N1CCCC1C(=O)NC(CC1CC1)C(=O)C(N)=O)C(C)(C)C)C(C)C)=C(\C)CC.CCC. The number of rotatable bonds is 15. The van der Waals surface area contributed by atoms with Gasteiger partial charge in [0.05, 0.1) is 17.0 Å². The number of thioether (sulfide) groups is 1. The van der Waals surface area contributed by atoms with Crippen molar-refractivity contribution in [1.82, 2.24) is 20.9 Å². The van der Waals surface area contributed by atoms with E-state index < -0.39 is 59.1 Å². The van der Waals surface area contributed by atoms with E-state index in [0.717, 1.165) is 23.3 Å². The first kappa shape index (κ1) is 42.9. The van der Waals surface area contributed by atoms with Crippen LogP contribution < -0.4 is 21.7 Å². The molecule has 12 heteroatoms. The van der Waals surface area contributed by atoms with Crippen LogP contribution >= 0.6 is 11.8 Å². The van der Waals surface area contributed by atoms with Crippen molar-refractivity contribution in [3.63, 3.8) is 0 Å².